The zero-order valence-electron chi connectivity index (χ0n) is 14.5. The number of fused-ring (bicyclic) bond motifs is 1. The van der Waals surface area contributed by atoms with Crippen molar-refractivity contribution in [2.45, 2.75) is 53.6 Å². The Bertz CT molecular complexity index is 892. The van der Waals surface area contributed by atoms with Gasteiger partial charge in [0.05, 0.1) is 22.5 Å². The van der Waals surface area contributed by atoms with Gasteiger partial charge >= 0.3 is 0 Å². The minimum atomic E-state index is -2.58. The molecule has 0 N–H and O–H groups in total. The molecule has 0 bridgehead atoms. The lowest BCUT2D eigenvalue weighted by molar-refractivity contribution is 0.153. The highest BCUT2D eigenvalue weighted by Gasteiger charge is 2.22. The van der Waals surface area contributed by atoms with Gasteiger partial charge in [-0.25, -0.2) is 18.4 Å². The molecule has 3 rings (SSSR count). The predicted molar refractivity (Wildman–Crippen MR) is 89.2 cm³/mol. The molecule has 0 aliphatic heterocycles. The van der Waals surface area contributed by atoms with Crippen molar-refractivity contribution in [2.75, 3.05) is 0 Å². The molecule has 3 heterocycles. The molecule has 0 saturated carbocycles. The molecule has 0 aromatic carbocycles. The Morgan fingerprint density at radius 1 is 1.12 bits per heavy atom. The summed E-state index contributed by atoms with van der Waals surface area (Å²) in [5.41, 5.74) is 3.11. The van der Waals surface area contributed by atoms with Gasteiger partial charge in [0.25, 0.3) is 6.43 Å². The Kier molecular flexibility index (Phi) is 4.11. The molecule has 0 radical (unpaired) electrons. The van der Waals surface area contributed by atoms with Crippen LogP contribution in [0.5, 0.6) is 0 Å². The Morgan fingerprint density at radius 3 is 2.38 bits per heavy atom. The molecule has 0 aliphatic carbocycles. The fourth-order valence-electron chi connectivity index (χ4n) is 2.95. The van der Waals surface area contributed by atoms with Crippen LogP contribution < -0.4 is 0 Å². The molecule has 0 unspecified atom stereocenters. The van der Waals surface area contributed by atoms with Crippen LogP contribution in [0.1, 0.15) is 50.2 Å². The second kappa shape index (κ2) is 5.96. The van der Waals surface area contributed by atoms with Crippen LogP contribution in [0.2, 0.25) is 0 Å². The molecule has 0 spiro atoms. The molecule has 0 amide bonds. The molecule has 0 atom stereocenters. The first-order valence-electron chi connectivity index (χ1n) is 8.05. The van der Waals surface area contributed by atoms with Gasteiger partial charge in [0.15, 0.2) is 5.65 Å². The van der Waals surface area contributed by atoms with Crippen molar-refractivity contribution in [3.8, 4) is 11.3 Å². The van der Waals surface area contributed by atoms with Crippen LogP contribution in [-0.4, -0.2) is 24.5 Å². The summed E-state index contributed by atoms with van der Waals surface area (Å²) in [5, 5.41) is 9.25. The van der Waals surface area contributed by atoms with Gasteiger partial charge in [0, 0.05) is 29.9 Å². The SMILES string of the molecule is CCn1cc(-c2cc(C(F)F)c3c(C)nn(C(C)C)c3n2)c(C)n1. The van der Waals surface area contributed by atoms with Crippen LogP contribution >= 0.6 is 0 Å². The summed E-state index contributed by atoms with van der Waals surface area (Å²) in [5.74, 6) is 0. The Labute approximate surface area is 139 Å². The van der Waals surface area contributed by atoms with E-state index in [0.29, 0.717) is 29.0 Å². The average Bonchev–Trinajstić information content (AvgIpc) is 3.07. The molecule has 0 fully saturated rings. The maximum Gasteiger partial charge on any atom is 0.264 e. The summed E-state index contributed by atoms with van der Waals surface area (Å²) in [7, 11) is 0. The lowest BCUT2D eigenvalue weighted by atomic mass is 10.1. The van der Waals surface area contributed by atoms with E-state index >= 15 is 0 Å². The van der Waals surface area contributed by atoms with Crippen molar-refractivity contribution in [1.29, 1.82) is 0 Å². The zero-order chi connectivity index (χ0) is 17.6. The molecular weight excluding hydrogens is 312 g/mol. The number of nitrogens with zero attached hydrogens (tertiary/aromatic N) is 5. The molecule has 0 saturated heterocycles. The summed E-state index contributed by atoms with van der Waals surface area (Å²) < 4.78 is 30.8. The van der Waals surface area contributed by atoms with Crippen molar-refractivity contribution in [2.24, 2.45) is 0 Å². The van der Waals surface area contributed by atoms with Gasteiger partial charge in [-0.2, -0.15) is 10.2 Å². The highest BCUT2D eigenvalue weighted by Crippen LogP contribution is 2.34. The maximum absolute atomic E-state index is 13.7. The van der Waals surface area contributed by atoms with E-state index in [1.54, 1.807) is 16.3 Å². The topological polar surface area (TPSA) is 48.5 Å². The van der Waals surface area contributed by atoms with E-state index in [2.05, 4.69) is 15.2 Å². The van der Waals surface area contributed by atoms with Crippen LogP contribution in [0.4, 0.5) is 8.78 Å². The van der Waals surface area contributed by atoms with Crippen molar-refractivity contribution in [3.05, 3.63) is 29.2 Å². The lowest BCUT2D eigenvalue weighted by Gasteiger charge is -2.10. The standard InChI is InChI=1S/C17H21F2N5/c1-6-23-8-13(10(4)21-23)14-7-12(16(18)19)15-11(5)22-24(9(2)3)17(15)20-14/h7-9,16H,6H2,1-5H3. The van der Waals surface area contributed by atoms with Gasteiger partial charge in [-0.05, 0) is 40.7 Å². The highest BCUT2D eigenvalue weighted by molar-refractivity contribution is 5.85. The monoisotopic (exact) mass is 333 g/mol. The fraction of sp³-hybridized carbons (Fsp3) is 0.471. The third-order valence-electron chi connectivity index (χ3n) is 4.14. The van der Waals surface area contributed by atoms with Crippen molar-refractivity contribution in [1.82, 2.24) is 24.5 Å². The van der Waals surface area contributed by atoms with Gasteiger partial charge in [-0.15, -0.1) is 0 Å². The van der Waals surface area contributed by atoms with Gasteiger partial charge < -0.3 is 0 Å². The maximum atomic E-state index is 13.7. The number of pyridine rings is 1. The quantitative estimate of drug-likeness (QED) is 0.709. The second-order valence-corrected chi connectivity index (χ2v) is 6.20. The largest absolute Gasteiger partial charge is 0.272 e. The predicted octanol–water partition coefficient (Wildman–Crippen LogP) is 4.45. The Hall–Kier alpha value is -2.31. The number of hydrogen-bond acceptors (Lipinski definition) is 3. The molecule has 3 aromatic heterocycles. The lowest BCUT2D eigenvalue weighted by Crippen LogP contribution is -2.04. The molecule has 128 valence electrons. The van der Waals surface area contributed by atoms with E-state index in [9.17, 15) is 8.78 Å². The summed E-state index contributed by atoms with van der Waals surface area (Å²) in [6.45, 7) is 10.2. The van der Waals surface area contributed by atoms with E-state index in [0.717, 1.165) is 11.3 Å². The van der Waals surface area contributed by atoms with Crippen LogP contribution in [0.25, 0.3) is 22.3 Å². The van der Waals surface area contributed by atoms with Gasteiger partial charge in [0.1, 0.15) is 0 Å². The number of alkyl halides is 2. The normalized spacial score (nSPS) is 12.0. The van der Waals surface area contributed by atoms with Crippen LogP contribution in [0.3, 0.4) is 0 Å². The zero-order valence-corrected chi connectivity index (χ0v) is 14.5. The van der Waals surface area contributed by atoms with Crippen LogP contribution in [-0.2, 0) is 6.54 Å². The first-order chi connectivity index (χ1) is 11.3. The second-order valence-electron chi connectivity index (χ2n) is 6.20. The van der Waals surface area contributed by atoms with Crippen molar-refractivity contribution >= 4 is 11.0 Å². The van der Waals surface area contributed by atoms with Crippen LogP contribution in [0, 0.1) is 13.8 Å². The smallest absolute Gasteiger partial charge is 0.264 e. The van der Waals surface area contributed by atoms with Crippen molar-refractivity contribution in [3.63, 3.8) is 0 Å². The average molecular weight is 333 g/mol. The molecular formula is C17H21F2N5. The number of aromatic nitrogens is 5. The molecule has 5 nitrogen and oxygen atoms in total. The van der Waals surface area contributed by atoms with E-state index < -0.39 is 6.43 Å². The molecule has 0 aliphatic rings. The third kappa shape index (κ3) is 2.57. The van der Waals surface area contributed by atoms with Gasteiger partial charge in [-0.3, -0.25) is 4.68 Å². The summed E-state index contributed by atoms with van der Waals surface area (Å²) >= 11 is 0. The fourth-order valence-corrected chi connectivity index (χ4v) is 2.95. The molecule has 24 heavy (non-hydrogen) atoms. The summed E-state index contributed by atoms with van der Waals surface area (Å²) in [6, 6.07) is 1.50. The summed E-state index contributed by atoms with van der Waals surface area (Å²) in [4.78, 5) is 4.65. The number of hydrogen-bond donors (Lipinski definition) is 0. The number of aryl methyl sites for hydroxylation is 3. The molecule has 7 heteroatoms. The number of halogens is 2. The molecule has 3 aromatic rings. The minimum Gasteiger partial charge on any atom is -0.272 e. The van der Waals surface area contributed by atoms with Gasteiger partial charge in [0.2, 0.25) is 0 Å². The van der Waals surface area contributed by atoms with Crippen molar-refractivity contribution < 1.29 is 8.78 Å². The van der Waals surface area contributed by atoms with E-state index in [-0.39, 0.29) is 11.6 Å². The minimum absolute atomic E-state index is 0.0250. The Morgan fingerprint density at radius 2 is 1.83 bits per heavy atom. The van der Waals surface area contributed by atoms with Gasteiger partial charge in [-0.1, -0.05) is 0 Å². The Balaban J connectivity index is 2.33. The van der Waals surface area contributed by atoms with Crippen LogP contribution in [0.15, 0.2) is 12.3 Å². The summed E-state index contributed by atoms with van der Waals surface area (Å²) in [6.07, 6.45) is -0.735. The first-order valence-corrected chi connectivity index (χ1v) is 8.05. The van der Waals surface area contributed by atoms with E-state index in [4.69, 9.17) is 0 Å². The van der Waals surface area contributed by atoms with E-state index in [1.807, 2.05) is 33.9 Å². The first kappa shape index (κ1) is 16.5. The van der Waals surface area contributed by atoms with E-state index in [1.165, 1.54) is 6.07 Å². The highest BCUT2D eigenvalue weighted by atomic mass is 19.3. The number of rotatable bonds is 4. The third-order valence-corrected chi connectivity index (χ3v) is 4.14.